The number of nitrogens with two attached hydrogens (primary N) is 1. The van der Waals surface area contributed by atoms with Crippen molar-refractivity contribution in [3.63, 3.8) is 0 Å². The molecule has 8 nitrogen and oxygen atoms in total. The molecule has 0 aliphatic rings. The van der Waals surface area contributed by atoms with Crippen molar-refractivity contribution in [3.05, 3.63) is 77.1 Å². The Morgan fingerprint density at radius 3 is 2.35 bits per heavy atom. The summed E-state index contributed by atoms with van der Waals surface area (Å²) in [5.41, 5.74) is 8.01. The number of pyridine rings is 1. The summed E-state index contributed by atoms with van der Waals surface area (Å²) in [4.78, 5) is 25.7. The summed E-state index contributed by atoms with van der Waals surface area (Å²) in [7, 11) is 0. The average molecular weight is 508 g/mol. The fraction of sp³-hybridized carbons (Fsp3) is 0.345. The summed E-state index contributed by atoms with van der Waals surface area (Å²) >= 11 is 0. The van der Waals surface area contributed by atoms with Crippen molar-refractivity contribution < 1.29 is 23.8 Å². The van der Waals surface area contributed by atoms with E-state index in [0.29, 0.717) is 43.2 Å². The maximum atomic E-state index is 12.7. The van der Waals surface area contributed by atoms with Gasteiger partial charge in [0.25, 0.3) is 5.91 Å². The third kappa shape index (κ3) is 8.83. The maximum Gasteiger partial charge on any atom is 0.251 e. The molecule has 8 heteroatoms. The number of carbonyl (C=O) groups is 2. The first kappa shape index (κ1) is 29.2. The van der Waals surface area contributed by atoms with Crippen molar-refractivity contribution in [3.8, 4) is 23.0 Å². The third-order valence-corrected chi connectivity index (χ3v) is 5.42. The molecule has 3 N–H and O–H groups in total. The molecule has 1 heterocycles. The minimum atomic E-state index is -0.145. The summed E-state index contributed by atoms with van der Waals surface area (Å²) in [6.07, 6.45) is 4.48. The van der Waals surface area contributed by atoms with Crippen molar-refractivity contribution in [1.29, 1.82) is 0 Å². The molecule has 2 amide bonds. The normalized spacial score (nSPS) is 10.1. The standard InChI is InChI=1S/C28H34N2O4.CH3NO/c1-5-23-24(6-2)29-17-15-25(23)34-22-11-9-10-20(18-22)14-16-30-28(31)21-12-13-26(32-7-3)27(19-21)33-8-4;2-1-3/h9-13,15,17-19H,5-8,14,16H2,1-4H3,(H,30,31);1H,(H2,2,3). The van der Waals surface area contributed by atoms with Crippen molar-refractivity contribution >= 4 is 12.3 Å². The first-order valence-electron chi connectivity index (χ1n) is 12.6. The molecule has 0 aliphatic carbocycles. The van der Waals surface area contributed by atoms with Gasteiger partial charge < -0.3 is 25.3 Å². The Bertz CT molecular complexity index is 1150. The molecule has 1 aromatic heterocycles. The molecule has 198 valence electrons. The summed E-state index contributed by atoms with van der Waals surface area (Å²) < 4.78 is 17.4. The Kier molecular flexibility index (Phi) is 12.5. The smallest absolute Gasteiger partial charge is 0.251 e. The molecule has 0 unspecified atom stereocenters. The molecule has 3 aromatic rings. The lowest BCUT2D eigenvalue weighted by Crippen LogP contribution is -2.25. The van der Waals surface area contributed by atoms with Crippen LogP contribution in [0, 0.1) is 0 Å². The van der Waals surface area contributed by atoms with Gasteiger partial charge in [-0.1, -0.05) is 26.0 Å². The number of primary amides is 1. The van der Waals surface area contributed by atoms with E-state index in [-0.39, 0.29) is 12.3 Å². The van der Waals surface area contributed by atoms with E-state index < -0.39 is 0 Å². The molecular weight excluding hydrogens is 470 g/mol. The van der Waals surface area contributed by atoms with Crippen LogP contribution < -0.4 is 25.3 Å². The van der Waals surface area contributed by atoms with Crippen molar-refractivity contribution in [2.24, 2.45) is 5.73 Å². The van der Waals surface area contributed by atoms with Crippen LogP contribution in [0.2, 0.25) is 0 Å². The zero-order valence-corrected chi connectivity index (χ0v) is 22.1. The van der Waals surface area contributed by atoms with Crippen LogP contribution in [0.15, 0.2) is 54.7 Å². The maximum absolute atomic E-state index is 12.7. The number of aromatic nitrogens is 1. The molecule has 0 bridgehead atoms. The number of ether oxygens (including phenoxy) is 3. The van der Waals surface area contributed by atoms with Gasteiger partial charge in [0.15, 0.2) is 11.5 Å². The van der Waals surface area contributed by atoms with Gasteiger partial charge in [0, 0.05) is 29.6 Å². The van der Waals surface area contributed by atoms with Gasteiger partial charge in [-0.05, 0) is 75.1 Å². The molecule has 0 aliphatic heterocycles. The minimum Gasteiger partial charge on any atom is -0.490 e. The third-order valence-electron chi connectivity index (χ3n) is 5.42. The number of rotatable bonds is 12. The first-order chi connectivity index (χ1) is 18.0. The summed E-state index contributed by atoms with van der Waals surface area (Å²) in [6.45, 7) is 9.58. The van der Waals surface area contributed by atoms with E-state index in [2.05, 4.69) is 29.9 Å². The van der Waals surface area contributed by atoms with E-state index in [1.165, 1.54) is 0 Å². The highest BCUT2D eigenvalue weighted by Gasteiger charge is 2.12. The van der Waals surface area contributed by atoms with Gasteiger partial charge in [-0.3, -0.25) is 14.6 Å². The van der Waals surface area contributed by atoms with Gasteiger partial charge in [-0.25, -0.2) is 0 Å². The SMILES string of the molecule is CCOc1ccc(C(=O)NCCc2cccc(Oc3ccnc(CC)c3CC)c2)cc1OCC.NC=O. The fourth-order valence-electron chi connectivity index (χ4n) is 3.80. The quantitative estimate of drug-likeness (QED) is 0.338. The number of nitrogens with zero attached hydrogens (tertiary/aromatic N) is 1. The molecular formula is C29H37N3O5. The highest BCUT2D eigenvalue weighted by Crippen LogP contribution is 2.29. The molecule has 3 rings (SSSR count). The molecule has 0 spiro atoms. The zero-order valence-electron chi connectivity index (χ0n) is 22.1. The highest BCUT2D eigenvalue weighted by molar-refractivity contribution is 5.94. The van der Waals surface area contributed by atoms with E-state index in [1.807, 2.05) is 44.2 Å². The van der Waals surface area contributed by atoms with Gasteiger partial charge in [0.1, 0.15) is 11.5 Å². The van der Waals surface area contributed by atoms with Crippen molar-refractivity contribution in [2.75, 3.05) is 19.8 Å². The molecule has 0 saturated carbocycles. The van der Waals surface area contributed by atoms with Gasteiger partial charge in [0.2, 0.25) is 6.41 Å². The van der Waals surface area contributed by atoms with Crippen molar-refractivity contribution in [2.45, 2.75) is 47.0 Å². The second-order valence-corrected chi connectivity index (χ2v) is 7.86. The Morgan fingerprint density at radius 1 is 0.946 bits per heavy atom. The lowest BCUT2D eigenvalue weighted by molar-refractivity contribution is -0.106. The predicted octanol–water partition coefficient (Wildman–Crippen LogP) is 4.87. The number of aryl methyl sites for hydroxylation is 1. The van der Waals surface area contributed by atoms with Crippen LogP contribution in [0.1, 0.15) is 54.9 Å². The van der Waals surface area contributed by atoms with E-state index in [9.17, 15) is 4.79 Å². The Hall–Kier alpha value is -4.07. The largest absolute Gasteiger partial charge is 0.490 e. The molecule has 0 atom stereocenters. The van der Waals surface area contributed by atoms with Crippen LogP contribution in [-0.2, 0) is 24.1 Å². The van der Waals surface area contributed by atoms with Gasteiger partial charge >= 0.3 is 0 Å². The zero-order chi connectivity index (χ0) is 27.0. The fourth-order valence-corrected chi connectivity index (χ4v) is 3.80. The number of carbonyl (C=O) groups excluding carboxylic acids is 2. The lowest BCUT2D eigenvalue weighted by Gasteiger charge is -2.14. The number of hydrogen-bond donors (Lipinski definition) is 2. The number of benzene rings is 2. The predicted molar refractivity (Wildman–Crippen MR) is 145 cm³/mol. The molecule has 37 heavy (non-hydrogen) atoms. The van der Waals surface area contributed by atoms with E-state index in [0.717, 1.165) is 41.2 Å². The second-order valence-electron chi connectivity index (χ2n) is 7.86. The molecule has 0 fully saturated rings. The van der Waals surface area contributed by atoms with E-state index in [4.69, 9.17) is 19.0 Å². The topological polar surface area (TPSA) is 113 Å². The summed E-state index contributed by atoms with van der Waals surface area (Å²) in [6, 6.07) is 15.1. The van der Waals surface area contributed by atoms with Crippen LogP contribution in [0.5, 0.6) is 23.0 Å². The number of amides is 2. The number of hydrogen-bond acceptors (Lipinski definition) is 6. The summed E-state index contributed by atoms with van der Waals surface area (Å²) in [5.74, 6) is 2.70. The van der Waals surface area contributed by atoms with Crippen LogP contribution in [0.4, 0.5) is 0 Å². The van der Waals surface area contributed by atoms with E-state index in [1.54, 1.807) is 24.4 Å². The Morgan fingerprint density at radius 2 is 1.68 bits per heavy atom. The van der Waals surface area contributed by atoms with Gasteiger partial charge in [-0.2, -0.15) is 0 Å². The average Bonchev–Trinajstić information content (AvgIpc) is 2.90. The van der Waals surface area contributed by atoms with Crippen LogP contribution in [0.25, 0.3) is 0 Å². The molecule has 0 radical (unpaired) electrons. The first-order valence-corrected chi connectivity index (χ1v) is 12.6. The Labute approximate surface area is 219 Å². The van der Waals surface area contributed by atoms with Crippen molar-refractivity contribution in [1.82, 2.24) is 10.3 Å². The van der Waals surface area contributed by atoms with E-state index >= 15 is 0 Å². The van der Waals surface area contributed by atoms with Crippen LogP contribution in [-0.4, -0.2) is 37.1 Å². The molecule has 2 aromatic carbocycles. The van der Waals surface area contributed by atoms with Gasteiger partial charge in [0.05, 0.1) is 13.2 Å². The Balaban J connectivity index is 0.00000153. The lowest BCUT2D eigenvalue weighted by atomic mass is 10.1. The molecule has 0 saturated heterocycles. The summed E-state index contributed by atoms with van der Waals surface area (Å²) in [5, 5.41) is 2.99. The number of nitrogens with one attached hydrogen (secondary N) is 1. The van der Waals surface area contributed by atoms with Gasteiger partial charge in [-0.15, -0.1) is 0 Å². The van der Waals surface area contributed by atoms with Crippen LogP contribution >= 0.6 is 0 Å². The minimum absolute atomic E-state index is 0.145. The monoisotopic (exact) mass is 507 g/mol. The highest BCUT2D eigenvalue weighted by atomic mass is 16.5. The second kappa shape index (κ2) is 15.8. The van der Waals surface area contributed by atoms with Crippen LogP contribution in [0.3, 0.4) is 0 Å².